The number of nitrogens with zero attached hydrogens (tertiary/aromatic N) is 3. The molecule has 0 aliphatic carbocycles. The van der Waals surface area contributed by atoms with Crippen LogP contribution in [0.4, 0.5) is 39.5 Å². The van der Waals surface area contributed by atoms with Crippen molar-refractivity contribution >= 4 is 11.1 Å². The fourth-order valence-corrected chi connectivity index (χ4v) is 3.79. The minimum Gasteiger partial charge on any atom is -0.207 e. The van der Waals surface area contributed by atoms with Gasteiger partial charge in [0.25, 0.3) is 0 Å². The van der Waals surface area contributed by atoms with Gasteiger partial charge in [-0.3, -0.25) is 0 Å². The lowest BCUT2D eigenvalue weighted by Crippen LogP contribution is -2.10. The van der Waals surface area contributed by atoms with Crippen LogP contribution in [0, 0.1) is 51.4 Å². The summed E-state index contributed by atoms with van der Waals surface area (Å²) >= 11 is 0. The van der Waals surface area contributed by atoms with Crippen molar-refractivity contribution in [3.05, 3.63) is 105 Å². The Bertz CT molecular complexity index is 1580. The summed E-state index contributed by atoms with van der Waals surface area (Å²) in [5.41, 5.74) is -6.06. The Kier molecular flexibility index (Phi) is 8.07. The highest BCUT2D eigenvalue weighted by Crippen LogP contribution is 2.42. The van der Waals surface area contributed by atoms with E-state index in [0.717, 1.165) is 18.2 Å². The number of hydrogen-bond acceptors (Lipinski definition) is 3. The first-order chi connectivity index (χ1) is 18.2. The third-order valence-corrected chi connectivity index (χ3v) is 5.64. The van der Waals surface area contributed by atoms with Gasteiger partial charge in [-0.05, 0) is 41.5 Å². The van der Waals surface area contributed by atoms with Crippen LogP contribution in [-0.4, -0.2) is 0 Å². The predicted octanol–water partition coefficient (Wildman–Crippen LogP) is 7.95. The third kappa shape index (κ3) is 6.05. The standard InChI is InChI=1S/C27H12F9N3/c28-22-9-15(2-1-14(22)7-8-37)25(20(12-38)18-5-3-16(10-23(18)29)26(31,32)33)21(13-39)19-6-4-17(11-24(19)30)27(34,35)36/h1-6,9-11,20H,7H2/b25-21-. The predicted molar refractivity (Wildman–Crippen MR) is 119 cm³/mol. The molecule has 0 N–H and O–H groups in total. The van der Waals surface area contributed by atoms with Gasteiger partial charge in [0.2, 0.25) is 0 Å². The fourth-order valence-electron chi connectivity index (χ4n) is 3.79. The van der Waals surface area contributed by atoms with Crippen LogP contribution in [0.3, 0.4) is 0 Å². The molecule has 3 aromatic rings. The zero-order valence-corrected chi connectivity index (χ0v) is 19.2. The Morgan fingerprint density at radius 1 is 0.718 bits per heavy atom. The van der Waals surface area contributed by atoms with Crippen molar-refractivity contribution in [3.8, 4) is 18.2 Å². The van der Waals surface area contributed by atoms with Gasteiger partial charge in [0.1, 0.15) is 29.4 Å². The quantitative estimate of drug-likeness (QED) is 0.184. The van der Waals surface area contributed by atoms with E-state index in [4.69, 9.17) is 5.26 Å². The van der Waals surface area contributed by atoms with Gasteiger partial charge in [0, 0.05) is 16.7 Å². The number of alkyl halides is 6. The van der Waals surface area contributed by atoms with E-state index in [1.807, 2.05) is 0 Å². The molecule has 0 saturated carbocycles. The van der Waals surface area contributed by atoms with Crippen molar-refractivity contribution < 1.29 is 39.5 Å². The molecule has 0 aliphatic heterocycles. The minimum absolute atomic E-state index is 0.0843. The highest BCUT2D eigenvalue weighted by molar-refractivity contribution is 6.00. The molecule has 12 heteroatoms. The van der Waals surface area contributed by atoms with Crippen LogP contribution < -0.4 is 0 Å². The largest absolute Gasteiger partial charge is 0.416 e. The van der Waals surface area contributed by atoms with Gasteiger partial charge < -0.3 is 0 Å². The Balaban J connectivity index is 2.38. The number of nitriles is 3. The highest BCUT2D eigenvalue weighted by atomic mass is 19.4. The molecular formula is C27H12F9N3. The lowest BCUT2D eigenvalue weighted by molar-refractivity contribution is -0.138. The molecule has 0 fully saturated rings. The molecule has 3 rings (SSSR count). The van der Waals surface area contributed by atoms with Crippen molar-refractivity contribution in [2.24, 2.45) is 0 Å². The van der Waals surface area contributed by atoms with Crippen LogP contribution in [-0.2, 0) is 18.8 Å². The van der Waals surface area contributed by atoms with Crippen LogP contribution in [0.5, 0.6) is 0 Å². The Labute approximate surface area is 215 Å². The zero-order chi connectivity index (χ0) is 29.1. The first-order valence-corrected chi connectivity index (χ1v) is 10.7. The summed E-state index contributed by atoms with van der Waals surface area (Å²) in [6.45, 7) is 0. The number of benzene rings is 3. The molecule has 0 aromatic heterocycles. The molecule has 0 saturated heterocycles. The summed E-state index contributed by atoms with van der Waals surface area (Å²) in [6.07, 6.45) is -10.3. The molecule has 3 aromatic carbocycles. The van der Waals surface area contributed by atoms with Crippen molar-refractivity contribution in [2.45, 2.75) is 24.7 Å². The van der Waals surface area contributed by atoms with E-state index < -0.39 is 69.1 Å². The van der Waals surface area contributed by atoms with Crippen molar-refractivity contribution in [2.75, 3.05) is 0 Å². The molecule has 0 aliphatic rings. The summed E-state index contributed by atoms with van der Waals surface area (Å²) < 4.78 is 123. The van der Waals surface area contributed by atoms with Gasteiger partial charge >= 0.3 is 12.4 Å². The number of hydrogen-bond donors (Lipinski definition) is 0. The molecule has 39 heavy (non-hydrogen) atoms. The smallest absolute Gasteiger partial charge is 0.207 e. The molecule has 1 unspecified atom stereocenters. The van der Waals surface area contributed by atoms with Crippen LogP contribution in [0.2, 0.25) is 0 Å². The van der Waals surface area contributed by atoms with Crippen molar-refractivity contribution in [3.63, 3.8) is 0 Å². The van der Waals surface area contributed by atoms with Crippen LogP contribution >= 0.6 is 0 Å². The Hall–Kier alpha value is -4.76. The third-order valence-electron chi connectivity index (χ3n) is 5.64. The van der Waals surface area contributed by atoms with Crippen LogP contribution in [0.15, 0.2) is 54.6 Å². The fraction of sp³-hybridized carbons (Fsp3) is 0.148. The van der Waals surface area contributed by atoms with E-state index in [9.17, 15) is 50.0 Å². The maximum Gasteiger partial charge on any atom is 0.416 e. The summed E-state index contributed by atoms with van der Waals surface area (Å²) in [5, 5.41) is 28.7. The second-order valence-corrected chi connectivity index (χ2v) is 8.03. The van der Waals surface area contributed by atoms with Crippen molar-refractivity contribution in [1.29, 1.82) is 15.8 Å². The first kappa shape index (κ1) is 28.8. The van der Waals surface area contributed by atoms with Crippen molar-refractivity contribution in [1.82, 2.24) is 0 Å². The first-order valence-electron chi connectivity index (χ1n) is 10.7. The van der Waals surface area contributed by atoms with Gasteiger partial charge in [-0.25, -0.2) is 13.2 Å². The summed E-state index contributed by atoms with van der Waals surface area (Å²) in [7, 11) is 0. The van der Waals surface area contributed by atoms with Gasteiger partial charge in [-0.1, -0.05) is 24.3 Å². The number of halogens is 9. The average molecular weight is 549 g/mol. The molecule has 0 bridgehead atoms. The maximum absolute atomic E-state index is 14.9. The average Bonchev–Trinajstić information content (AvgIpc) is 2.85. The zero-order valence-electron chi connectivity index (χ0n) is 19.2. The molecule has 0 spiro atoms. The topological polar surface area (TPSA) is 71.4 Å². The van der Waals surface area contributed by atoms with Gasteiger partial charge in [-0.2, -0.15) is 42.1 Å². The number of allylic oxidation sites excluding steroid dienone is 2. The van der Waals surface area contributed by atoms with Crippen LogP contribution in [0.25, 0.3) is 11.1 Å². The normalized spacial score (nSPS) is 13.1. The molecule has 0 heterocycles. The monoisotopic (exact) mass is 549 g/mol. The van der Waals surface area contributed by atoms with E-state index in [1.165, 1.54) is 0 Å². The molecule has 0 amide bonds. The summed E-state index contributed by atoms with van der Waals surface area (Å²) in [5.74, 6) is -6.03. The van der Waals surface area contributed by atoms with E-state index in [0.29, 0.717) is 24.3 Å². The second-order valence-electron chi connectivity index (χ2n) is 8.03. The maximum atomic E-state index is 14.9. The summed E-state index contributed by atoms with van der Waals surface area (Å²) in [4.78, 5) is 0. The SMILES string of the molecule is N#CCc1ccc(/C(=C(\C#N)c2ccc(C(F)(F)F)cc2F)C(C#N)c2ccc(C(F)(F)F)cc2F)cc1F. The Morgan fingerprint density at radius 3 is 1.77 bits per heavy atom. The number of rotatable bonds is 5. The molecule has 1 atom stereocenters. The van der Waals surface area contributed by atoms with E-state index >= 15 is 0 Å². The second kappa shape index (κ2) is 10.9. The minimum atomic E-state index is -4.95. The van der Waals surface area contributed by atoms with Crippen LogP contribution in [0.1, 0.15) is 39.3 Å². The molecule has 0 radical (unpaired) electrons. The van der Waals surface area contributed by atoms with Gasteiger partial charge in [-0.15, -0.1) is 0 Å². The lowest BCUT2D eigenvalue weighted by Gasteiger charge is -2.20. The molecule has 198 valence electrons. The summed E-state index contributed by atoms with van der Waals surface area (Å²) in [6, 6.07) is 10.1. The molecule has 3 nitrogen and oxygen atoms in total. The molecular weight excluding hydrogens is 537 g/mol. The van der Waals surface area contributed by atoms with E-state index in [-0.39, 0.29) is 29.7 Å². The van der Waals surface area contributed by atoms with E-state index in [1.54, 1.807) is 18.2 Å². The lowest BCUT2D eigenvalue weighted by atomic mass is 9.82. The Morgan fingerprint density at radius 2 is 1.31 bits per heavy atom. The van der Waals surface area contributed by atoms with E-state index in [2.05, 4.69) is 0 Å². The highest BCUT2D eigenvalue weighted by Gasteiger charge is 2.34. The van der Waals surface area contributed by atoms with Gasteiger partial charge in [0.05, 0.1) is 35.3 Å². The van der Waals surface area contributed by atoms with Gasteiger partial charge in [0.15, 0.2) is 0 Å².